The van der Waals surface area contributed by atoms with Crippen molar-refractivity contribution >= 4 is 15.9 Å². The van der Waals surface area contributed by atoms with E-state index in [2.05, 4.69) is 31.5 Å². The van der Waals surface area contributed by atoms with E-state index in [-0.39, 0.29) is 5.69 Å². The van der Waals surface area contributed by atoms with E-state index in [1.807, 2.05) is 0 Å². The van der Waals surface area contributed by atoms with E-state index in [0.29, 0.717) is 9.15 Å². The number of benzene rings is 1. The number of alkyl halides is 3. The molecule has 84 valence electrons. The lowest BCUT2D eigenvalue weighted by atomic mass is 10.3. The Hall–Kier alpha value is -1.44. The molecule has 0 amide bonds. The number of tetrazole rings is 1. The second-order valence-corrected chi connectivity index (χ2v) is 3.72. The molecule has 0 bridgehead atoms. The van der Waals surface area contributed by atoms with Crippen molar-refractivity contribution in [3.63, 3.8) is 0 Å². The molecular weight excluding hydrogens is 289 g/mol. The number of halogens is 4. The maximum Gasteiger partial charge on any atom is 0.453 e. The molecule has 0 aliphatic carbocycles. The molecule has 0 spiro atoms. The summed E-state index contributed by atoms with van der Waals surface area (Å²) in [6, 6.07) is 6.37. The van der Waals surface area contributed by atoms with Gasteiger partial charge in [-0.25, -0.2) is 0 Å². The van der Waals surface area contributed by atoms with Crippen molar-refractivity contribution in [2.24, 2.45) is 0 Å². The predicted molar refractivity (Wildman–Crippen MR) is 51.9 cm³/mol. The van der Waals surface area contributed by atoms with Crippen LogP contribution in [0.5, 0.6) is 0 Å². The molecule has 8 heteroatoms. The van der Waals surface area contributed by atoms with E-state index in [1.54, 1.807) is 18.2 Å². The maximum absolute atomic E-state index is 12.5. The van der Waals surface area contributed by atoms with Crippen LogP contribution in [0.15, 0.2) is 28.7 Å². The van der Waals surface area contributed by atoms with E-state index in [0.717, 1.165) is 0 Å². The van der Waals surface area contributed by atoms with Crippen molar-refractivity contribution < 1.29 is 13.2 Å². The first kappa shape index (κ1) is 11.1. The fraction of sp³-hybridized carbons (Fsp3) is 0.125. The molecule has 0 saturated heterocycles. The van der Waals surface area contributed by atoms with Crippen molar-refractivity contribution in [3.05, 3.63) is 34.6 Å². The van der Waals surface area contributed by atoms with Gasteiger partial charge in [0.1, 0.15) is 0 Å². The quantitative estimate of drug-likeness (QED) is 0.811. The van der Waals surface area contributed by atoms with E-state index >= 15 is 0 Å². The van der Waals surface area contributed by atoms with Crippen LogP contribution in [0, 0.1) is 0 Å². The Balaban J connectivity index is 2.58. The molecule has 1 heterocycles. The number of hydrogen-bond acceptors (Lipinski definition) is 3. The van der Waals surface area contributed by atoms with E-state index < -0.39 is 12.0 Å². The first-order valence-electron chi connectivity index (χ1n) is 4.10. The van der Waals surface area contributed by atoms with Gasteiger partial charge >= 0.3 is 6.18 Å². The van der Waals surface area contributed by atoms with Crippen molar-refractivity contribution in [2.45, 2.75) is 6.18 Å². The van der Waals surface area contributed by atoms with Gasteiger partial charge in [0.05, 0.1) is 5.69 Å². The minimum atomic E-state index is -4.58. The third-order valence-electron chi connectivity index (χ3n) is 1.80. The Morgan fingerprint density at radius 3 is 2.50 bits per heavy atom. The zero-order valence-corrected chi connectivity index (χ0v) is 9.20. The second kappa shape index (κ2) is 3.85. The lowest BCUT2D eigenvalue weighted by Crippen LogP contribution is -2.14. The molecule has 0 atom stereocenters. The number of aromatic nitrogens is 4. The maximum atomic E-state index is 12.5. The lowest BCUT2D eigenvalue weighted by Gasteiger charge is -2.08. The Bertz CT molecular complexity index is 508. The van der Waals surface area contributed by atoms with Crippen molar-refractivity contribution in [1.82, 2.24) is 20.2 Å². The zero-order valence-electron chi connectivity index (χ0n) is 7.61. The molecule has 16 heavy (non-hydrogen) atoms. The normalized spacial score (nSPS) is 11.8. The summed E-state index contributed by atoms with van der Waals surface area (Å²) in [5.41, 5.74) is 0.236. The number of para-hydroxylation sites is 1. The molecule has 0 radical (unpaired) electrons. The summed E-state index contributed by atoms with van der Waals surface area (Å²) in [6.45, 7) is 0. The average Bonchev–Trinajstić information content (AvgIpc) is 2.66. The van der Waals surface area contributed by atoms with Crippen molar-refractivity contribution in [2.75, 3.05) is 0 Å². The Morgan fingerprint density at radius 2 is 1.88 bits per heavy atom. The second-order valence-electron chi connectivity index (χ2n) is 2.86. The van der Waals surface area contributed by atoms with Crippen LogP contribution >= 0.6 is 15.9 Å². The molecule has 0 saturated carbocycles. The minimum absolute atomic E-state index is 0.236. The summed E-state index contributed by atoms with van der Waals surface area (Å²) in [5.74, 6) is -1.15. The molecule has 4 nitrogen and oxygen atoms in total. The molecule has 0 unspecified atom stereocenters. The first-order chi connectivity index (χ1) is 7.50. The summed E-state index contributed by atoms with van der Waals surface area (Å²) in [6.07, 6.45) is -4.58. The highest BCUT2D eigenvalue weighted by atomic mass is 79.9. The third-order valence-corrected chi connectivity index (χ3v) is 2.47. The summed E-state index contributed by atoms with van der Waals surface area (Å²) in [5, 5.41) is 9.31. The smallest absolute Gasteiger partial charge is 0.188 e. The highest BCUT2D eigenvalue weighted by Crippen LogP contribution is 2.30. The van der Waals surface area contributed by atoms with Crippen LogP contribution in [0.4, 0.5) is 13.2 Å². The lowest BCUT2D eigenvalue weighted by molar-refractivity contribution is -0.146. The van der Waals surface area contributed by atoms with Gasteiger partial charge in [-0.05, 0) is 38.5 Å². The molecule has 1 aromatic heterocycles. The van der Waals surface area contributed by atoms with Gasteiger partial charge in [-0.2, -0.15) is 17.9 Å². The van der Waals surface area contributed by atoms with Gasteiger partial charge in [0.2, 0.25) is 0 Å². The van der Waals surface area contributed by atoms with Crippen LogP contribution in [-0.4, -0.2) is 20.2 Å². The number of nitrogens with zero attached hydrogens (tertiary/aromatic N) is 4. The Morgan fingerprint density at radius 1 is 1.19 bits per heavy atom. The SMILES string of the molecule is FC(F)(F)c1nnnn1-c1ccccc1Br. The first-order valence-corrected chi connectivity index (χ1v) is 4.90. The average molecular weight is 293 g/mol. The van der Waals surface area contributed by atoms with Crippen LogP contribution in [0.2, 0.25) is 0 Å². The molecule has 0 aliphatic heterocycles. The van der Waals surface area contributed by atoms with Gasteiger partial charge in [-0.3, -0.25) is 0 Å². The van der Waals surface area contributed by atoms with E-state index in [9.17, 15) is 13.2 Å². The standard InChI is InChI=1S/C8H4BrF3N4/c9-5-3-1-2-4-6(5)16-7(8(10,11)12)13-14-15-16/h1-4H. The van der Waals surface area contributed by atoms with E-state index in [1.165, 1.54) is 6.07 Å². The van der Waals surface area contributed by atoms with Crippen LogP contribution in [0.1, 0.15) is 5.82 Å². The van der Waals surface area contributed by atoms with Gasteiger partial charge in [0.15, 0.2) is 0 Å². The Kier molecular flexibility index (Phi) is 2.66. The minimum Gasteiger partial charge on any atom is -0.188 e. The van der Waals surface area contributed by atoms with Crippen LogP contribution in [0.3, 0.4) is 0 Å². The largest absolute Gasteiger partial charge is 0.453 e. The van der Waals surface area contributed by atoms with Crippen LogP contribution < -0.4 is 0 Å². The topological polar surface area (TPSA) is 43.6 Å². The summed E-state index contributed by atoms with van der Waals surface area (Å²) in [4.78, 5) is 0. The molecule has 1 aromatic carbocycles. The molecule has 2 rings (SSSR count). The fourth-order valence-corrected chi connectivity index (χ4v) is 1.60. The molecule has 2 aromatic rings. The van der Waals surface area contributed by atoms with Gasteiger partial charge in [-0.1, -0.05) is 12.1 Å². The summed E-state index contributed by atoms with van der Waals surface area (Å²) >= 11 is 3.13. The number of hydrogen-bond donors (Lipinski definition) is 0. The monoisotopic (exact) mass is 292 g/mol. The van der Waals surface area contributed by atoms with Crippen molar-refractivity contribution in [3.8, 4) is 5.69 Å². The molecule has 0 aliphatic rings. The van der Waals surface area contributed by atoms with Crippen LogP contribution in [0.25, 0.3) is 5.69 Å². The van der Waals surface area contributed by atoms with E-state index in [4.69, 9.17) is 0 Å². The third kappa shape index (κ3) is 1.92. The predicted octanol–water partition coefficient (Wildman–Crippen LogP) is 2.44. The molecular formula is C8H4BrF3N4. The van der Waals surface area contributed by atoms with Gasteiger partial charge in [0.25, 0.3) is 5.82 Å². The van der Waals surface area contributed by atoms with Crippen LogP contribution in [-0.2, 0) is 6.18 Å². The fourth-order valence-electron chi connectivity index (χ4n) is 1.15. The van der Waals surface area contributed by atoms with Gasteiger partial charge < -0.3 is 0 Å². The molecule has 0 fully saturated rings. The number of rotatable bonds is 1. The Labute approximate surface area is 96.2 Å². The highest BCUT2D eigenvalue weighted by Gasteiger charge is 2.38. The van der Waals surface area contributed by atoms with Crippen molar-refractivity contribution in [1.29, 1.82) is 0 Å². The van der Waals surface area contributed by atoms with Gasteiger partial charge in [0, 0.05) is 4.47 Å². The highest BCUT2D eigenvalue weighted by molar-refractivity contribution is 9.10. The zero-order chi connectivity index (χ0) is 11.8. The van der Waals surface area contributed by atoms with Gasteiger partial charge in [-0.15, -0.1) is 5.10 Å². The molecule has 0 N–H and O–H groups in total. The summed E-state index contributed by atoms with van der Waals surface area (Å²) < 4.78 is 38.7. The summed E-state index contributed by atoms with van der Waals surface area (Å²) in [7, 11) is 0.